The SMILES string of the molecule is Cn1cncc1/C(C#N)=C1\SCC(O)S1. The lowest BCUT2D eigenvalue weighted by Crippen LogP contribution is -1.95. The Kier molecular flexibility index (Phi) is 3.05. The monoisotopic (exact) mass is 239 g/mol. The van der Waals surface area contributed by atoms with Crippen LogP contribution in [0.4, 0.5) is 0 Å². The van der Waals surface area contributed by atoms with E-state index in [0.717, 1.165) is 9.93 Å². The van der Waals surface area contributed by atoms with Crippen LogP contribution in [0.3, 0.4) is 0 Å². The van der Waals surface area contributed by atoms with Crippen LogP contribution in [0.2, 0.25) is 0 Å². The van der Waals surface area contributed by atoms with Crippen LogP contribution in [0.15, 0.2) is 16.8 Å². The van der Waals surface area contributed by atoms with Gasteiger partial charge in [0.05, 0.1) is 28.0 Å². The molecule has 78 valence electrons. The van der Waals surface area contributed by atoms with Crippen LogP contribution < -0.4 is 0 Å². The van der Waals surface area contributed by atoms with Gasteiger partial charge in [-0.3, -0.25) is 0 Å². The maximum absolute atomic E-state index is 9.39. The van der Waals surface area contributed by atoms with Gasteiger partial charge < -0.3 is 9.67 Å². The van der Waals surface area contributed by atoms with Gasteiger partial charge in [-0.25, -0.2) is 4.98 Å². The number of hydrogen-bond acceptors (Lipinski definition) is 5. The van der Waals surface area contributed by atoms with E-state index in [1.54, 1.807) is 17.1 Å². The number of aliphatic hydroxyl groups excluding tert-OH is 1. The zero-order valence-corrected chi connectivity index (χ0v) is 9.68. The zero-order valence-electron chi connectivity index (χ0n) is 8.04. The Morgan fingerprint density at radius 1 is 1.80 bits per heavy atom. The summed E-state index contributed by atoms with van der Waals surface area (Å²) in [5.74, 6) is 0.642. The summed E-state index contributed by atoms with van der Waals surface area (Å²) in [6.45, 7) is 0. The normalized spacial score (nSPS) is 23.9. The molecule has 1 N–H and O–H groups in total. The number of imidazole rings is 1. The molecule has 4 nitrogen and oxygen atoms in total. The van der Waals surface area contributed by atoms with Crippen LogP contribution in [0.1, 0.15) is 5.69 Å². The maximum Gasteiger partial charge on any atom is 0.114 e. The lowest BCUT2D eigenvalue weighted by Gasteiger charge is -2.02. The number of allylic oxidation sites excluding steroid dienone is 1. The minimum Gasteiger partial charge on any atom is -0.381 e. The summed E-state index contributed by atoms with van der Waals surface area (Å²) in [6, 6.07) is 2.17. The van der Waals surface area contributed by atoms with Crippen LogP contribution in [-0.2, 0) is 7.05 Å². The van der Waals surface area contributed by atoms with Crippen molar-refractivity contribution in [3.63, 3.8) is 0 Å². The molecule has 0 aromatic carbocycles. The van der Waals surface area contributed by atoms with Gasteiger partial charge in [0.15, 0.2) is 0 Å². The molecule has 1 saturated heterocycles. The second kappa shape index (κ2) is 4.31. The second-order valence-corrected chi connectivity index (χ2v) is 5.52. The highest BCUT2D eigenvalue weighted by atomic mass is 32.2. The van der Waals surface area contributed by atoms with Gasteiger partial charge in [0.25, 0.3) is 0 Å². The molecule has 1 aromatic heterocycles. The van der Waals surface area contributed by atoms with Crippen molar-refractivity contribution in [2.45, 2.75) is 5.44 Å². The van der Waals surface area contributed by atoms with E-state index in [9.17, 15) is 5.11 Å². The Bertz CT molecular complexity index is 446. The highest BCUT2D eigenvalue weighted by Gasteiger charge is 2.23. The van der Waals surface area contributed by atoms with E-state index in [1.807, 2.05) is 7.05 Å². The summed E-state index contributed by atoms with van der Waals surface area (Å²) < 4.78 is 2.69. The van der Waals surface area contributed by atoms with Crippen molar-refractivity contribution in [2.75, 3.05) is 5.75 Å². The second-order valence-electron chi connectivity index (χ2n) is 3.05. The summed E-state index contributed by atoms with van der Waals surface area (Å²) in [6.07, 6.45) is 3.32. The van der Waals surface area contributed by atoms with Crippen molar-refractivity contribution < 1.29 is 5.11 Å². The fourth-order valence-corrected chi connectivity index (χ4v) is 3.66. The first-order valence-corrected chi connectivity index (χ1v) is 6.17. The smallest absolute Gasteiger partial charge is 0.114 e. The lowest BCUT2D eigenvalue weighted by molar-refractivity contribution is 0.290. The van der Waals surface area contributed by atoms with Gasteiger partial charge in [-0.15, -0.1) is 11.8 Å². The van der Waals surface area contributed by atoms with Crippen molar-refractivity contribution in [3.05, 3.63) is 22.5 Å². The quantitative estimate of drug-likeness (QED) is 0.751. The average molecular weight is 239 g/mol. The van der Waals surface area contributed by atoms with Crippen LogP contribution in [0, 0.1) is 11.3 Å². The minimum absolute atomic E-state index is 0.401. The lowest BCUT2D eigenvalue weighted by atomic mass is 10.2. The van der Waals surface area contributed by atoms with Crippen molar-refractivity contribution in [1.82, 2.24) is 9.55 Å². The predicted molar refractivity (Wildman–Crippen MR) is 61.8 cm³/mol. The largest absolute Gasteiger partial charge is 0.381 e. The summed E-state index contributed by atoms with van der Waals surface area (Å²) >= 11 is 2.86. The van der Waals surface area contributed by atoms with E-state index < -0.39 is 5.44 Å². The number of aromatic nitrogens is 2. The third-order valence-corrected chi connectivity index (χ3v) is 4.65. The molecule has 2 rings (SSSR count). The molecule has 0 saturated carbocycles. The maximum atomic E-state index is 9.39. The molecule has 0 spiro atoms. The van der Waals surface area contributed by atoms with E-state index in [-0.39, 0.29) is 0 Å². The van der Waals surface area contributed by atoms with Crippen LogP contribution in [0.5, 0.6) is 0 Å². The first-order valence-electron chi connectivity index (χ1n) is 4.31. The van der Waals surface area contributed by atoms with Crippen molar-refractivity contribution >= 4 is 29.1 Å². The molecule has 0 aliphatic carbocycles. The third kappa shape index (κ3) is 2.04. The molecule has 0 bridgehead atoms. The molecule has 1 atom stereocenters. The van der Waals surface area contributed by atoms with Gasteiger partial charge in [-0.2, -0.15) is 5.26 Å². The number of thioether (sulfide) groups is 2. The highest BCUT2D eigenvalue weighted by Crippen LogP contribution is 2.44. The molecule has 2 heterocycles. The molecular weight excluding hydrogens is 230 g/mol. The molecule has 1 aliphatic rings. The number of aryl methyl sites for hydroxylation is 1. The summed E-state index contributed by atoms with van der Waals surface area (Å²) in [5.41, 5.74) is 0.990. The third-order valence-electron chi connectivity index (χ3n) is 1.99. The summed E-state index contributed by atoms with van der Waals surface area (Å²) in [7, 11) is 1.85. The van der Waals surface area contributed by atoms with Crippen molar-refractivity contribution in [2.24, 2.45) is 7.05 Å². The molecule has 0 amide bonds. The standard InChI is InChI=1S/C9H9N3OS2/c1-12-5-11-3-7(12)6(2-10)9-14-4-8(13)15-9/h3,5,8,13H,4H2,1H3/b9-6+. The Morgan fingerprint density at radius 2 is 2.60 bits per heavy atom. The van der Waals surface area contributed by atoms with Crippen LogP contribution >= 0.6 is 23.5 Å². The Morgan fingerprint density at radius 3 is 3.07 bits per heavy atom. The Labute approximate surface area is 96.0 Å². The number of aliphatic hydroxyl groups is 1. The molecule has 1 aromatic rings. The topological polar surface area (TPSA) is 61.8 Å². The molecule has 0 radical (unpaired) electrons. The number of rotatable bonds is 1. The molecule has 1 unspecified atom stereocenters. The number of nitrogens with zero attached hydrogens (tertiary/aromatic N) is 3. The van der Waals surface area contributed by atoms with E-state index in [1.165, 1.54) is 23.5 Å². The first-order chi connectivity index (χ1) is 7.22. The van der Waals surface area contributed by atoms with E-state index in [2.05, 4.69) is 11.1 Å². The fourth-order valence-electron chi connectivity index (χ4n) is 1.28. The van der Waals surface area contributed by atoms with Gasteiger partial charge in [0.1, 0.15) is 11.5 Å². The zero-order chi connectivity index (χ0) is 10.8. The highest BCUT2D eigenvalue weighted by molar-refractivity contribution is 8.25. The Balaban J connectivity index is 2.41. The van der Waals surface area contributed by atoms with Gasteiger partial charge in [0.2, 0.25) is 0 Å². The predicted octanol–water partition coefficient (Wildman–Crippen LogP) is 1.41. The van der Waals surface area contributed by atoms with Crippen molar-refractivity contribution in [3.8, 4) is 6.07 Å². The van der Waals surface area contributed by atoms with Gasteiger partial charge in [-0.1, -0.05) is 11.8 Å². The molecule has 6 heteroatoms. The molecular formula is C9H9N3OS2. The van der Waals surface area contributed by atoms with Gasteiger partial charge >= 0.3 is 0 Å². The van der Waals surface area contributed by atoms with E-state index >= 15 is 0 Å². The van der Waals surface area contributed by atoms with Crippen LogP contribution in [-0.4, -0.2) is 25.8 Å². The molecule has 15 heavy (non-hydrogen) atoms. The number of hydrogen-bond donors (Lipinski definition) is 1. The van der Waals surface area contributed by atoms with Gasteiger partial charge in [0, 0.05) is 12.8 Å². The van der Waals surface area contributed by atoms with E-state index in [4.69, 9.17) is 5.26 Å². The van der Waals surface area contributed by atoms with Crippen molar-refractivity contribution in [1.29, 1.82) is 5.26 Å². The first kappa shape index (κ1) is 10.6. The molecule has 1 aliphatic heterocycles. The number of nitriles is 1. The van der Waals surface area contributed by atoms with Gasteiger partial charge in [-0.05, 0) is 0 Å². The van der Waals surface area contributed by atoms with E-state index in [0.29, 0.717) is 11.3 Å². The fraction of sp³-hybridized carbons (Fsp3) is 0.333. The molecule has 1 fully saturated rings. The van der Waals surface area contributed by atoms with Crippen LogP contribution in [0.25, 0.3) is 5.57 Å². The minimum atomic E-state index is -0.401. The average Bonchev–Trinajstić information content (AvgIpc) is 2.79. The summed E-state index contributed by atoms with van der Waals surface area (Å²) in [4.78, 5) is 3.98. The summed E-state index contributed by atoms with van der Waals surface area (Å²) in [5, 5.41) is 18.5. The Hall–Kier alpha value is -0.900.